The standard InChI is InChI=1S/C16H18N2O3S2/c1-11(17-23(21)16(2,3)4)12-5-6-14(13-7-8-22-10-13)15(9-12)18(19)20/h5-10H,1-4H3. The third-order valence-electron chi connectivity index (χ3n) is 3.19. The van der Waals surface area contributed by atoms with Crippen LogP contribution in [0.3, 0.4) is 0 Å². The molecule has 0 fully saturated rings. The van der Waals surface area contributed by atoms with E-state index in [0.29, 0.717) is 16.8 Å². The van der Waals surface area contributed by atoms with E-state index in [2.05, 4.69) is 4.40 Å². The lowest BCUT2D eigenvalue weighted by Gasteiger charge is -2.14. The summed E-state index contributed by atoms with van der Waals surface area (Å²) in [6.07, 6.45) is 0. The molecule has 1 unspecified atom stereocenters. The van der Waals surface area contributed by atoms with Gasteiger partial charge in [0.05, 0.1) is 20.9 Å². The van der Waals surface area contributed by atoms with Crippen LogP contribution in [0.5, 0.6) is 0 Å². The summed E-state index contributed by atoms with van der Waals surface area (Å²) in [5, 5.41) is 15.1. The van der Waals surface area contributed by atoms with Gasteiger partial charge in [-0.05, 0) is 56.2 Å². The van der Waals surface area contributed by atoms with Gasteiger partial charge in [0.15, 0.2) is 0 Å². The van der Waals surface area contributed by atoms with E-state index in [1.165, 1.54) is 17.4 Å². The molecule has 0 saturated carbocycles. The van der Waals surface area contributed by atoms with E-state index < -0.39 is 20.7 Å². The van der Waals surface area contributed by atoms with Gasteiger partial charge in [-0.3, -0.25) is 10.1 Å². The number of rotatable bonds is 4. The maximum Gasteiger partial charge on any atom is 0.277 e. The number of hydrogen-bond donors (Lipinski definition) is 0. The molecule has 23 heavy (non-hydrogen) atoms. The van der Waals surface area contributed by atoms with Crippen LogP contribution in [-0.2, 0) is 11.0 Å². The van der Waals surface area contributed by atoms with Crippen molar-refractivity contribution in [3.63, 3.8) is 0 Å². The summed E-state index contributed by atoms with van der Waals surface area (Å²) in [6.45, 7) is 7.22. The fourth-order valence-electron chi connectivity index (χ4n) is 1.88. The quantitative estimate of drug-likeness (QED) is 0.460. The van der Waals surface area contributed by atoms with E-state index in [4.69, 9.17) is 0 Å². The minimum Gasteiger partial charge on any atom is -0.258 e. The first-order valence-electron chi connectivity index (χ1n) is 6.99. The second-order valence-corrected chi connectivity index (χ2v) is 8.72. The Labute approximate surface area is 141 Å². The first-order chi connectivity index (χ1) is 10.7. The maximum atomic E-state index is 12.1. The van der Waals surface area contributed by atoms with Crippen molar-refractivity contribution in [1.82, 2.24) is 0 Å². The third kappa shape index (κ3) is 4.11. The van der Waals surface area contributed by atoms with Crippen molar-refractivity contribution in [3.8, 4) is 11.1 Å². The van der Waals surface area contributed by atoms with E-state index >= 15 is 0 Å². The Hall–Kier alpha value is -1.86. The predicted molar refractivity (Wildman–Crippen MR) is 96.5 cm³/mol. The topological polar surface area (TPSA) is 72.6 Å². The lowest BCUT2D eigenvalue weighted by Crippen LogP contribution is -2.20. The molecule has 0 aliphatic carbocycles. The summed E-state index contributed by atoms with van der Waals surface area (Å²) < 4.78 is 15.8. The molecule has 0 spiro atoms. The molecule has 5 nitrogen and oxygen atoms in total. The van der Waals surface area contributed by atoms with Crippen LogP contribution >= 0.6 is 11.3 Å². The molecule has 1 aromatic heterocycles. The second kappa shape index (κ2) is 6.72. The first-order valence-corrected chi connectivity index (χ1v) is 9.04. The zero-order valence-corrected chi connectivity index (χ0v) is 15.0. The molecule has 0 saturated heterocycles. The van der Waals surface area contributed by atoms with Gasteiger partial charge in [0.25, 0.3) is 5.69 Å². The molecule has 0 bridgehead atoms. The summed E-state index contributed by atoms with van der Waals surface area (Å²) in [5.41, 5.74) is 2.55. The number of thiophene rings is 1. The average molecular weight is 350 g/mol. The van der Waals surface area contributed by atoms with Gasteiger partial charge in [0.1, 0.15) is 11.0 Å². The molecular weight excluding hydrogens is 332 g/mol. The molecule has 0 amide bonds. The van der Waals surface area contributed by atoms with Crippen molar-refractivity contribution in [2.45, 2.75) is 32.4 Å². The zero-order chi connectivity index (χ0) is 17.2. The Kier molecular flexibility index (Phi) is 5.11. The van der Waals surface area contributed by atoms with Crippen LogP contribution in [-0.4, -0.2) is 19.6 Å². The smallest absolute Gasteiger partial charge is 0.258 e. The van der Waals surface area contributed by atoms with E-state index in [-0.39, 0.29) is 5.69 Å². The second-order valence-electron chi connectivity index (χ2n) is 6.04. The van der Waals surface area contributed by atoms with Gasteiger partial charge in [-0.15, -0.1) is 0 Å². The third-order valence-corrected chi connectivity index (χ3v) is 5.36. The highest BCUT2D eigenvalue weighted by Crippen LogP contribution is 2.32. The van der Waals surface area contributed by atoms with Crippen LogP contribution in [0.25, 0.3) is 11.1 Å². The Morgan fingerprint density at radius 3 is 2.52 bits per heavy atom. The Morgan fingerprint density at radius 2 is 2.00 bits per heavy atom. The Morgan fingerprint density at radius 1 is 1.30 bits per heavy atom. The van der Waals surface area contributed by atoms with Crippen LogP contribution in [0.2, 0.25) is 0 Å². The van der Waals surface area contributed by atoms with Gasteiger partial charge >= 0.3 is 0 Å². The van der Waals surface area contributed by atoms with Crippen molar-refractivity contribution in [3.05, 3.63) is 50.7 Å². The fourth-order valence-corrected chi connectivity index (χ4v) is 3.17. The van der Waals surface area contributed by atoms with Gasteiger partial charge < -0.3 is 0 Å². The van der Waals surface area contributed by atoms with Gasteiger partial charge in [-0.2, -0.15) is 15.7 Å². The molecular formula is C16H18N2O3S2. The summed E-state index contributed by atoms with van der Waals surface area (Å²) in [4.78, 5) is 11.0. The maximum absolute atomic E-state index is 12.1. The molecule has 0 aliphatic rings. The van der Waals surface area contributed by atoms with E-state index in [1.807, 2.05) is 37.6 Å². The largest absolute Gasteiger partial charge is 0.277 e. The van der Waals surface area contributed by atoms with E-state index in [1.54, 1.807) is 19.1 Å². The molecule has 7 heteroatoms. The molecule has 1 heterocycles. The highest BCUT2D eigenvalue weighted by molar-refractivity contribution is 7.85. The molecule has 2 rings (SSSR count). The summed E-state index contributed by atoms with van der Waals surface area (Å²) in [5.74, 6) is 0. The summed E-state index contributed by atoms with van der Waals surface area (Å²) in [6, 6.07) is 6.83. The normalized spacial score (nSPS) is 13.8. The van der Waals surface area contributed by atoms with Crippen molar-refractivity contribution in [1.29, 1.82) is 0 Å². The number of nitro benzene ring substituents is 1. The van der Waals surface area contributed by atoms with Crippen molar-refractivity contribution < 1.29 is 9.13 Å². The Balaban J connectivity index is 2.46. The van der Waals surface area contributed by atoms with Crippen LogP contribution < -0.4 is 0 Å². The van der Waals surface area contributed by atoms with Crippen LogP contribution in [0, 0.1) is 10.1 Å². The highest BCUT2D eigenvalue weighted by atomic mass is 32.2. The van der Waals surface area contributed by atoms with Crippen LogP contribution in [0.15, 0.2) is 39.4 Å². The molecule has 0 aliphatic heterocycles. The van der Waals surface area contributed by atoms with Crippen molar-refractivity contribution >= 4 is 33.7 Å². The first kappa shape index (κ1) is 17.5. The molecule has 0 N–H and O–H groups in total. The number of hydrogen-bond acceptors (Lipinski definition) is 4. The molecule has 0 radical (unpaired) electrons. The molecule has 122 valence electrons. The SMILES string of the molecule is CC(=NS(=O)C(C)(C)C)c1ccc(-c2ccsc2)c([N+](=O)[O-])c1. The minimum atomic E-state index is -1.40. The number of nitro groups is 1. The van der Waals surface area contributed by atoms with Gasteiger partial charge in [0.2, 0.25) is 0 Å². The van der Waals surface area contributed by atoms with Crippen molar-refractivity contribution in [2.75, 3.05) is 0 Å². The average Bonchev–Trinajstić information content (AvgIpc) is 2.99. The van der Waals surface area contributed by atoms with Gasteiger partial charge in [-0.1, -0.05) is 6.07 Å². The zero-order valence-electron chi connectivity index (χ0n) is 13.4. The Bertz CT molecular complexity index is 775. The van der Waals surface area contributed by atoms with Crippen LogP contribution in [0.4, 0.5) is 5.69 Å². The fraction of sp³-hybridized carbons (Fsp3) is 0.312. The van der Waals surface area contributed by atoms with Gasteiger partial charge in [-0.25, -0.2) is 4.21 Å². The lowest BCUT2D eigenvalue weighted by molar-refractivity contribution is -0.384. The van der Waals surface area contributed by atoms with E-state index in [0.717, 1.165) is 5.56 Å². The highest BCUT2D eigenvalue weighted by Gasteiger charge is 2.21. The monoisotopic (exact) mass is 350 g/mol. The molecule has 2 aromatic rings. The van der Waals surface area contributed by atoms with Gasteiger partial charge in [0, 0.05) is 11.6 Å². The lowest BCUT2D eigenvalue weighted by atomic mass is 10.0. The number of benzene rings is 1. The van der Waals surface area contributed by atoms with Crippen LogP contribution in [0.1, 0.15) is 33.3 Å². The molecule has 1 atom stereocenters. The minimum absolute atomic E-state index is 0.0250. The summed E-state index contributed by atoms with van der Waals surface area (Å²) in [7, 11) is -1.40. The van der Waals surface area contributed by atoms with E-state index in [9.17, 15) is 14.3 Å². The van der Waals surface area contributed by atoms with Crippen molar-refractivity contribution in [2.24, 2.45) is 4.40 Å². The number of nitrogens with zero attached hydrogens (tertiary/aromatic N) is 2. The summed E-state index contributed by atoms with van der Waals surface area (Å²) >= 11 is 1.49. The predicted octanol–water partition coefficient (Wildman–Crippen LogP) is 4.59. The molecule has 1 aromatic carbocycles.